The van der Waals surface area contributed by atoms with Gasteiger partial charge in [0.2, 0.25) is 0 Å². The molecule has 0 saturated carbocycles. The third kappa shape index (κ3) is 56.8. The molecule has 0 fully saturated rings. The molecule has 70 heavy (non-hydrogen) atoms. The van der Waals surface area contributed by atoms with Crippen LogP contribution in [0.4, 0.5) is 0 Å². The summed E-state index contributed by atoms with van der Waals surface area (Å²) in [4.78, 5) is 38.2. The summed E-state index contributed by atoms with van der Waals surface area (Å²) in [6.45, 7) is 6.65. The highest BCUT2D eigenvalue weighted by molar-refractivity contribution is 5.71. The van der Waals surface area contributed by atoms with Crippen LogP contribution in [0.5, 0.6) is 0 Å². The standard InChI is InChI=1S/C64H120O6/c1-4-7-10-13-16-19-22-24-26-28-30-31-32-34-35-37-39-42-45-48-51-54-57-63(66)69-60-61(59-68-62(65)56-53-50-47-44-41-21-18-15-12-9-6-3)70-64(67)58-55-52-49-46-43-40-38-36-33-29-27-25-23-20-17-14-11-8-5-2/h15,18,25,27,61H,4-14,16-17,19-24,26,28-60H2,1-3H3/b18-15-,27-25-. The Morgan fingerprint density at radius 1 is 0.271 bits per heavy atom. The van der Waals surface area contributed by atoms with Gasteiger partial charge < -0.3 is 14.2 Å². The van der Waals surface area contributed by atoms with Crippen LogP contribution in [0.25, 0.3) is 0 Å². The molecule has 6 heteroatoms. The maximum Gasteiger partial charge on any atom is 0.306 e. The van der Waals surface area contributed by atoms with Gasteiger partial charge >= 0.3 is 17.9 Å². The van der Waals surface area contributed by atoms with Gasteiger partial charge in [-0.2, -0.15) is 0 Å². The fourth-order valence-electron chi connectivity index (χ4n) is 9.42. The van der Waals surface area contributed by atoms with Crippen LogP contribution in [0.3, 0.4) is 0 Å². The quantitative estimate of drug-likeness (QED) is 0.0261. The first kappa shape index (κ1) is 67.9. The van der Waals surface area contributed by atoms with Crippen LogP contribution in [-0.2, 0) is 28.6 Å². The second-order valence-corrected chi connectivity index (χ2v) is 21.3. The van der Waals surface area contributed by atoms with E-state index in [2.05, 4.69) is 45.1 Å². The summed E-state index contributed by atoms with van der Waals surface area (Å²) >= 11 is 0. The molecule has 0 aliphatic carbocycles. The van der Waals surface area contributed by atoms with Crippen LogP contribution in [0.15, 0.2) is 24.3 Å². The summed E-state index contributed by atoms with van der Waals surface area (Å²) in [6.07, 6.45) is 70.4. The minimum Gasteiger partial charge on any atom is -0.462 e. The van der Waals surface area contributed by atoms with Crippen molar-refractivity contribution >= 4 is 17.9 Å². The maximum absolute atomic E-state index is 12.9. The lowest BCUT2D eigenvalue weighted by molar-refractivity contribution is -0.167. The summed E-state index contributed by atoms with van der Waals surface area (Å²) in [5, 5.41) is 0. The molecular weight excluding hydrogens is 865 g/mol. The van der Waals surface area contributed by atoms with E-state index in [4.69, 9.17) is 14.2 Å². The van der Waals surface area contributed by atoms with E-state index in [1.165, 1.54) is 244 Å². The molecule has 1 atom stereocenters. The van der Waals surface area contributed by atoms with Crippen molar-refractivity contribution in [2.45, 2.75) is 354 Å². The zero-order valence-corrected chi connectivity index (χ0v) is 47.3. The third-order valence-corrected chi connectivity index (χ3v) is 14.2. The van der Waals surface area contributed by atoms with Crippen LogP contribution in [0, 0.1) is 0 Å². The number of unbranched alkanes of at least 4 members (excludes halogenated alkanes) is 43. The van der Waals surface area contributed by atoms with Gasteiger partial charge in [-0.1, -0.05) is 289 Å². The Morgan fingerprint density at radius 2 is 0.486 bits per heavy atom. The summed E-state index contributed by atoms with van der Waals surface area (Å²) in [5.41, 5.74) is 0. The molecule has 0 saturated heterocycles. The molecule has 1 unspecified atom stereocenters. The van der Waals surface area contributed by atoms with Crippen LogP contribution in [0.1, 0.15) is 348 Å². The van der Waals surface area contributed by atoms with Crippen molar-refractivity contribution in [1.29, 1.82) is 0 Å². The van der Waals surface area contributed by atoms with Gasteiger partial charge in [0.05, 0.1) is 0 Å². The van der Waals surface area contributed by atoms with Gasteiger partial charge in [-0.25, -0.2) is 0 Å². The molecule has 0 N–H and O–H groups in total. The first-order valence-electron chi connectivity index (χ1n) is 31.3. The fraction of sp³-hybridized carbons (Fsp3) is 0.891. The molecular formula is C64H120O6. The van der Waals surface area contributed by atoms with Gasteiger partial charge in [0.1, 0.15) is 13.2 Å². The normalized spacial score (nSPS) is 12.1. The molecule has 0 heterocycles. The van der Waals surface area contributed by atoms with E-state index in [1.54, 1.807) is 0 Å². The molecule has 0 bridgehead atoms. The topological polar surface area (TPSA) is 78.9 Å². The highest BCUT2D eigenvalue weighted by atomic mass is 16.6. The van der Waals surface area contributed by atoms with Gasteiger partial charge in [-0.3, -0.25) is 14.4 Å². The van der Waals surface area contributed by atoms with Gasteiger partial charge in [-0.05, 0) is 64.2 Å². The average molecular weight is 986 g/mol. The van der Waals surface area contributed by atoms with Gasteiger partial charge in [0, 0.05) is 19.3 Å². The van der Waals surface area contributed by atoms with E-state index in [-0.39, 0.29) is 31.1 Å². The number of carbonyl (C=O) groups is 3. The van der Waals surface area contributed by atoms with Crippen LogP contribution in [-0.4, -0.2) is 37.2 Å². The van der Waals surface area contributed by atoms with Gasteiger partial charge in [0.15, 0.2) is 6.10 Å². The summed E-state index contributed by atoms with van der Waals surface area (Å²) < 4.78 is 16.9. The number of hydrogen-bond donors (Lipinski definition) is 0. The second kappa shape index (κ2) is 59.5. The number of hydrogen-bond acceptors (Lipinski definition) is 6. The molecule has 6 nitrogen and oxygen atoms in total. The predicted octanol–water partition coefficient (Wildman–Crippen LogP) is 21.1. The number of carbonyl (C=O) groups excluding carboxylic acids is 3. The van der Waals surface area contributed by atoms with E-state index in [1.807, 2.05) is 0 Å². The zero-order valence-electron chi connectivity index (χ0n) is 47.3. The van der Waals surface area contributed by atoms with Crippen molar-refractivity contribution in [1.82, 2.24) is 0 Å². The Morgan fingerprint density at radius 3 is 0.757 bits per heavy atom. The molecule has 0 spiro atoms. The van der Waals surface area contributed by atoms with Crippen molar-refractivity contribution in [2.75, 3.05) is 13.2 Å². The fourth-order valence-corrected chi connectivity index (χ4v) is 9.42. The summed E-state index contributed by atoms with van der Waals surface area (Å²) in [5.74, 6) is -0.859. The first-order valence-corrected chi connectivity index (χ1v) is 31.3. The lowest BCUT2D eigenvalue weighted by atomic mass is 10.0. The van der Waals surface area contributed by atoms with E-state index < -0.39 is 6.10 Å². The smallest absolute Gasteiger partial charge is 0.306 e. The Balaban J connectivity index is 4.23. The predicted molar refractivity (Wildman–Crippen MR) is 303 cm³/mol. The summed E-state index contributed by atoms with van der Waals surface area (Å²) in [6, 6.07) is 0. The summed E-state index contributed by atoms with van der Waals surface area (Å²) in [7, 11) is 0. The largest absolute Gasteiger partial charge is 0.462 e. The monoisotopic (exact) mass is 985 g/mol. The molecule has 0 aromatic heterocycles. The Hall–Kier alpha value is -2.11. The second-order valence-electron chi connectivity index (χ2n) is 21.3. The lowest BCUT2D eigenvalue weighted by Crippen LogP contribution is -2.30. The molecule has 0 radical (unpaired) electrons. The minimum atomic E-state index is -0.772. The minimum absolute atomic E-state index is 0.0699. The van der Waals surface area contributed by atoms with Crippen LogP contribution < -0.4 is 0 Å². The maximum atomic E-state index is 12.9. The average Bonchev–Trinajstić information content (AvgIpc) is 3.36. The van der Waals surface area contributed by atoms with E-state index in [0.29, 0.717) is 19.3 Å². The Kier molecular flexibility index (Phi) is 57.7. The molecule has 0 rings (SSSR count). The van der Waals surface area contributed by atoms with E-state index >= 15 is 0 Å². The van der Waals surface area contributed by atoms with E-state index in [9.17, 15) is 14.4 Å². The number of rotatable bonds is 58. The zero-order chi connectivity index (χ0) is 50.7. The molecule has 412 valence electrons. The first-order chi connectivity index (χ1) is 34.5. The SMILES string of the molecule is CCCC/C=C\CCCCCCCC(=O)OCC(COC(=O)CCCCCCCCCCCCCCCCCCCCCCCC)OC(=O)CCCCCCCCCCC/C=C\CCCCCCCC. The number of esters is 3. The van der Waals surface area contributed by atoms with Crippen LogP contribution in [0.2, 0.25) is 0 Å². The van der Waals surface area contributed by atoms with Crippen LogP contribution >= 0.6 is 0 Å². The third-order valence-electron chi connectivity index (χ3n) is 14.2. The molecule has 0 aliphatic heterocycles. The van der Waals surface area contributed by atoms with Gasteiger partial charge in [-0.15, -0.1) is 0 Å². The van der Waals surface area contributed by atoms with Crippen molar-refractivity contribution in [3.63, 3.8) is 0 Å². The highest BCUT2D eigenvalue weighted by Gasteiger charge is 2.19. The Bertz CT molecular complexity index is 1130. The molecule has 0 aromatic carbocycles. The highest BCUT2D eigenvalue weighted by Crippen LogP contribution is 2.18. The molecule has 0 amide bonds. The number of allylic oxidation sites excluding steroid dienone is 4. The Labute approximate surface area is 436 Å². The van der Waals surface area contributed by atoms with Gasteiger partial charge in [0.25, 0.3) is 0 Å². The van der Waals surface area contributed by atoms with E-state index in [0.717, 1.165) is 64.2 Å². The van der Waals surface area contributed by atoms with Crippen molar-refractivity contribution in [2.24, 2.45) is 0 Å². The molecule has 0 aliphatic rings. The number of ether oxygens (including phenoxy) is 3. The molecule has 0 aromatic rings. The van der Waals surface area contributed by atoms with Crippen molar-refractivity contribution < 1.29 is 28.6 Å². The lowest BCUT2D eigenvalue weighted by Gasteiger charge is -2.18. The van der Waals surface area contributed by atoms with Crippen molar-refractivity contribution in [3.05, 3.63) is 24.3 Å². The van der Waals surface area contributed by atoms with Crippen molar-refractivity contribution in [3.8, 4) is 0 Å².